The Morgan fingerprint density at radius 2 is 2.04 bits per heavy atom. The van der Waals surface area contributed by atoms with Crippen molar-refractivity contribution in [1.29, 1.82) is 0 Å². The number of hydrogen-bond acceptors (Lipinski definition) is 5. The molecule has 0 aliphatic rings. The summed E-state index contributed by atoms with van der Waals surface area (Å²) in [6.45, 7) is 5.68. The normalized spacial score (nSPS) is 11.1. The summed E-state index contributed by atoms with van der Waals surface area (Å²) in [5.41, 5.74) is 0.832. The third-order valence-electron chi connectivity index (χ3n) is 3.69. The Morgan fingerprint density at radius 3 is 2.68 bits per heavy atom. The van der Waals surface area contributed by atoms with E-state index in [2.05, 4.69) is 10.4 Å². The van der Waals surface area contributed by atoms with Crippen molar-refractivity contribution in [3.8, 4) is 5.75 Å². The number of rotatable bonds is 4. The second-order valence-electron chi connectivity index (χ2n) is 6.05. The summed E-state index contributed by atoms with van der Waals surface area (Å²) in [4.78, 5) is 24.4. The third kappa shape index (κ3) is 3.55. The Morgan fingerprint density at radius 1 is 1.28 bits per heavy atom. The summed E-state index contributed by atoms with van der Waals surface area (Å²) >= 11 is 0. The van der Waals surface area contributed by atoms with E-state index >= 15 is 0 Å². The lowest BCUT2D eigenvalue weighted by atomic mass is 10.1. The molecule has 3 rings (SSSR count). The zero-order valence-electron chi connectivity index (χ0n) is 14.5. The maximum absolute atomic E-state index is 12.6. The second kappa shape index (κ2) is 6.43. The van der Waals surface area contributed by atoms with Crippen molar-refractivity contribution in [1.82, 2.24) is 9.78 Å². The number of amides is 1. The highest BCUT2D eigenvalue weighted by Crippen LogP contribution is 2.24. The first-order chi connectivity index (χ1) is 11.8. The molecule has 0 unspecified atom stereocenters. The van der Waals surface area contributed by atoms with Crippen LogP contribution >= 0.6 is 0 Å². The van der Waals surface area contributed by atoms with Gasteiger partial charge in [-0.2, -0.15) is 5.10 Å². The van der Waals surface area contributed by atoms with Crippen LogP contribution < -0.4 is 15.7 Å². The van der Waals surface area contributed by atoms with Gasteiger partial charge in [0.2, 0.25) is 0 Å². The molecule has 25 heavy (non-hydrogen) atoms. The molecule has 2 heterocycles. The van der Waals surface area contributed by atoms with Gasteiger partial charge in [-0.25, -0.2) is 4.79 Å². The summed E-state index contributed by atoms with van der Waals surface area (Å²) in [6.07, 6.45) is -0.0111. The van der Waals surface area contributed by atoms with E-state index in [1.807, 2.05) is 20.8 Å². The molecule has 7 heteroatoms. The van der Waals surface area contributed by atoms with Crippen LogP contribution in [0.1, 0.15) is 29.9 Å². The van der Waals surface area contributed by atoms with E-state index in [0.29, 0.717) is 22.5 Å². The van der Waals surface area contributed by atoms with Crippen LogP contribution in [0.25, 0.3) is 11.0 Å². The molecule has 130 valence electrons. The first-order valence-electron chi connectivity index (χ1n) is 7.90. The number of nitrogens with one attached hydrogen (secondary N) is 1. The van der Waals surface area contributed by atoms with Crippen molar-refractivity contribution in [3.63, 3.8) is 0 Å². The number of benzene rings is 1. The molecule has 0 aliphatic heterocycles. The second-order valence-corrected chi connectivity index (χ2v) is 6.05. The van der Waals surface area contributed by atoms with Gasteiger partial charge in [-0.15, -0.1) is 0 Å². The fraction of sp³-hybridized carbons (Fsp3) is 0.278. The van der Waals surface area contributed by atoms with Gasteiger partial charge < -0.3 is 14.5 Å². The molecule has 3 aromatic rings. The standard InChI is InChI=1S/C18H19N3O4/c1-10(2)24-12-5-6-13-14(9-17(22)25-15(13)8-12)18(23)19-16-7-11(3)21(4)20-16/h5-10H,1-4H3,(H,19,20,23). The lowest BCUT2D eigenvalue weighted by molar-refractivity contribution is 0.102. The number of anilines is 1. The lowest BCUT2D eigenvalue weighted by Gasteiger charge is -2.11. The molecule has 0 bridgehead atoms. The minimum absolute atomic E-state index is 0.0111. The van der Waals surface area contributed by atoms with Crippen LogP contribution in [0.4, 0.5) is 5.82 Å². The topological polar surface area (TPSA) is 86.4 Å². The third-order valence-corrected chi connectivity index (χ3v) is 3.69. The monoisotopic (exact) mass is 341 g/mol. The molecule has 0 saturated heterocycles. The van der Waals surface area contributed by atoms with Gasteiger partial charge in [0.05, 0.1) is 11.7 Å². The summed E-state index contributed by atoms with van der Waals surface area (Å²) in [6, 6.07) is 7.98. The van der Waals surface area contributed by atoms with Crippen LogP contribution in [0.5, 0.6) is 5.75 Å². The predicted octanol–water partition coefficient (Wildman–Crippen LogP) is 2.87. The number of nitrogens with zero attached hydrogens (tertiary/aromatic N) is 2. The largest absolute Gasteiger partial charge is 0.491 e. The van der Waals surface area contributed by atoms with Gasteiger partial charge in [0.1, 0.15) is 11.3 Å². The van der Waals surface area contributed by atoms with Crippen molar-refractivity contribution in [2.45, 2.75) is 26.9 Å². The number of carbonyl (C=O) groups excluding carboxylic acids is 1. The number of aryl methyl sites for hydroxylation is 2. The quantitative estimate of drug-likeness (QED) is 0.737. The van der Waals surface area contributed by atoms with Gasteiger partial charge in [0.15, 0.2) is 5.82 Å². The van der Waals surface area contributed by atoms with E-state index in [0.717, 1.165) is 5.69 Å². The molecule has 0 fully saturated rings. The van der Waals surface area contributed by atoms with Crippen molar-refractivity contribution >= 4 is 22.7 Å². The predicted molar refractivity (Wildman–Crippen MR) is 94.1 cm³/mol. The summed E-state index contributed by atoms with van der Waals surface area (Å²) in [7, 11) is 1.79. The lowest BCUT2D eigenvalue weighted by Crippen LogP contribution is -2.15. The number of fused-ring (bicyclic) bond motifs is 1. The fourth-order valence-electron chi connectivity index (χ4n) is 2.48. The Kier molecular flexibility index (Phi) is 4.31. The number of hydrogen-bond donors (Lipinski definition) is 1. The maximum atomic E-state index is 12.6. The maximum Gasteiger partial charge on any atom is 0.337 e. The molecule has 0 aliphatic carbocycles. The molecular weight excluding hydrogens is 322 g/mol. The van der Waals surface area contributed by atoms with Crippen LogP contribution in [0.2, 0.25) is 0 Å². The molecule has 1 amide bonds. The number of carbonyl (C=O) groups is 1. The Bertz CT molecular complexity index is 982. The van der Waals surface area contributed by atoms with Crippen LogP contribution in [0, 0.1) is 6.92 Å². The van der Waals surface area contributed by atoms with Crippen LogP contribution in [0.3, 0.4) is 0 Å². The molecular formula is C18H19N3O4. The minimum atomic E-state index is -0.600. The first-order valence-corrected chi connectivity index (χ1v) is 7.90. The molecule has 0 atom stereocenters. The fourth-order valence-corrected chi connectivity index (χ4v) is 2.48. The van der Waals surface area contributed by atoms with Crippen LogP contribution in [0.15, 0.2) is 39.5 Å². The van der Waals surface area contributed by atoms with Crippen LogP contribution in [-0.4, -0.2) is 21.8 Å². The Balaban J connectivity index is 1.99. The molecule has 0 saturated carbocycles. The van der Waals surface area contributed by atoms with Gasteiger partial charge in [0.25, 0.3) is 5.91 Å². The highest BCUT2D eigenvalue weighted by Gasteiger charge is 2.15. The number of aromatic nitrogens is 2. The van der Waals surface area contributed by atoms with Gasteiger partial charge in [-0.3, -0.25) is 9.48 Å². The first kappa shape index (κ1) is 16.8. The van der Waals surface area contributed by atoms with E-state index in [9.17, 15) is 9.59 Å². The summed E-state index contributed by atoms with van der Waals surface area (Å²) < 4.78 is 12.5. The number of ether oxygens (including phenoxy) is 1. The average Bonchev–Trinajstić information content (AvgIpc) is 2.83. The van der Waals surface area contributed by atoms with Gasteiger partial charge in [0, 0.05) is 36.3 Å². The highest BCUT2D eigenvalue weighted by atomic mass is 16.5. The molecule has 0 radical (unpaired) electrons. The van der Waals surface area contributed by atoms with E-state index < -0.39 is 11.5 Å². The van der Waals surface area contributed by atoms with Crippen LogP contribution in [-0.2, 0) is 7.05 Å². The molecule has 2 aromatic heterocycles. The van der Waals surface area contributed by atoms with Gasteiger partial charge >= 0.3 is 5.63 Å². The zero-order valence-corrected chi connectivity index (χ0v) is 14.5. The Hall–Kier alpha value is -3.09. The van der Waals surface area contributed by atoms with E-state index in [4.69, 9.17) is 9.15 Å². The minimum Gasteiger partial charge on any atom is -0.491 e. The average molecular weight is 341 g/mol. The molecule has 7 nitrogen and oxygen atoms in total. The van der Waals surface area contributed by atoms with E-state index in [1.165, 1.54) is 6.07 Å². The summed E-state index contributed by atoms with van der Waals surface area (Å²) in [5, 5.41) is 7.42. The highest BCUT2D eigenvalue weighted by molar-refractivity contribution is 6.11. The van der Waals surface area contributed by atoms with E-state index in [-0.39, 0.29) is 11.7 Å². The Labute approximate surface area is 144 Å². The smallest absolute Gasteiger partial charge is 0.337 e. The van der Waals surface area contributed by atoms with Crippen molar-refractivity contribution in [2.24, 2.45) is 7.05 Å². The van der Waals surface area contributed by atoms with Crippen molar-refractivity contribution < 1.29 is 13.9 Å². The van der Waals surface area contributed by atoms with Crippen molar-refractivity contribution in [2.75, 3.05) is 5.32 Å². The summed E-state index contributed by atoms with van der Waals surface area (Å²) in [5.74, 6) is 0.572. The van der Waals surface area contributed by atoms with E-state index in [1.54, 1.807) is 36.0 Å². The van der Waals surface area contributed by atoms with Gasteiger partial charge in [-0.05, 0) is 32.9 Å². The van der Waals surface area contributed by atoms with Gasteiger partial charge in [-0.1, -0.05) is 0 Å². The molecule has 1 N–H and O–H groups in total. The van der Waals surface area contributed by atoms with Crippen molar-refractivity contribution in [3.05, 3.63) is 52.0 Å². The zero-order chi connectivity index (χ0) is 18.1. The SMILES string of the molecule is Cc1cc(NC(=O)c2cc(=O)oc3cc(OC(C)C)ccc23)nn1C. The molecule has 1 aromatic carbocycles. The molecule has 0 spiro atoms.